The van der Waals surface area contributed by atoms with Gasteiger partial charge >= 0.3 is 5.97 Å². The molecule has 5 nitrogen and oxygen atoms in total. The van der Waals surface area contributed by atoms with Gasteiger partial charge in [0.2, 0.25) is 0 Å². The summed E-state index contributed by atoms with van der Waals surface area (Å²) in [4.78, 5) is 23.3. The van der Waals surface area contributed by atoms with Crippen molar-refractivity contribution in [2.75, 3.05) is 0 Å². The molecule has 0 saturated heterocycles. The van der Waals surface area contributed by atoms with E-state index in [-0.39, 0.29) is 11.8 Å². The van der Waals surface area contributed by atoms with E-state index >= 15 is 0 Å². The minimum Gasteiger partial charge on any atom is -0.481 e. The van der Waals surface area contributed by atoms with Crippen LogP contribution in [-0.4, -0.2) is 26.0 Å². The predicted molar refractivity (Wildman–Crippen MR) is 75.5 cm³/mol. The molecular weight excluding hydrogens is 254 g/mol. The van der Waals surface area contributed by atoms with Gasteiger partial charge in [0.05, 0.1) is 11.9 Å². The Morgan fingerprint density at radius 2 is 2.10 bits per heavy atom. The van der Waals surface area contributed by atoms with E-state index < -0.39 is 5.97 Å². The monoisotopic (exact) mass is 273 g/mol. The number of pyridine rings is 1. The lowest BCUT2D eigenvalue weighted by Gasteiger charge is -2.25. The molecule has 0 aromatic carbocycles. The van der Waals surface area contributed by atoms with Gasteiger partial charge in [-0.1, -0.05) is 12.8 Å². The lowest BCUT2D eigenvalue weighted by atomic mass is 9.79. The molecule has 0 radical (unpaired) electrons. The second-order valence-electron chi connectivity index (χ2n) is 5.96. The number of aliphatic carboxylic acids is 1. The molecule has 0 atom stereocenters. The third-order valence-electron chi connectivity index (χ3n) is 4.27. The number of nitrogens with one attached hydrogen (secondary N) is 1. The maximum Gasteiger partial charge on any atom is 0.303 e. The third kappa shape index (κ3) is 2.53. The molecule has 2 aromatic rings. The predicted octanol–water partition coefficient (Wildman–Crippen LogP) is 2.84. The Bertz CT molecular complexity index is 642. The first-order valence-electron chi connectivity index (χ1n) is 7.10. The number of imidazole rings is 1. The van der Waals surface area contributed by atoms with Crippen molar-refractivity contribution in [3.63, 3.8) is 0 Å². The maximum absolute atomic E-state index is 11.1. The SMILES string of the molecule is Cc1ccc2[nH]c(CC3(CC(=O)O)CCCC3)nc2n1. The Morgan fingerprint density at radius 3 is 2.80 bits per heavy atom. The summed E-state index contributed by atoms with van der Waals surface area (Å²) in [5.74, 6) is 0.151. The molecule has 1 aliphatic carbocycles. The Labute approximate surface area is 117 Å². The highest BCUT2D eigenvalue weighted by Gasteiger charge is 2.37. The average molecular weight is 273 g/mol. The molecule has 0 spiro atoms. The van der Waals surface area contributed by atoms with Crippen LogP contribution in [0.3, 0.4) is 0 Å². The number of rotatable bonds is 4. The molecule has 2 aromatic heterocycles. The molecule has 1 saturated carbocycles. The normalized spacial score (nSPS) is 17.6. The lowest BCUT2D eigenvalue weighted by Crippen LogP contribution is -2.24. The molecule has 0 unspecified atom stereocenters. The summed E-state index contributed by atoms with van der Waals surface area (Å²) < 4.78 is 0. The van der Waals surface area contributed by atoms with Crippen molar-refractivity contribution in [1.29, 1.82) is 0 Å². The average Bonchev–Trinajstić information content (AvgIpc) is 2.94. The number of carboxylic acid groups (broad SMARTS) is 1. The van der Waals surface area contributed by atoms with E-state index in [1.54, 1.807) is 0 Å². The standard InChI is InChI=1S/C15H19N3O2/c1-10-4-5-11-14(16-10)18-12(17-11)8-15(9-13(19)20)6-2-3-7-15/h4-5H,2-3,6-9H2,1H3,(H,19,20)(H,16,17,18). The van der Waals surface area contributed by atoms with Crippen LogP contribution in [-0.2, 0) is 11.2 Å². The van der Waals surface area contributed by atoms with E-state index in [0.29, 0.717) is 6.42 Å². The van der Waals surface area contributed by atoms with Gasteiger partial charge in [0.1, 0.15) is 5.82 Å². The first-order chi connectivity index (χ1) is 9.56. The Morgan fingerprint density at radius 1 is 1.35 bits per heavy atom. The molecule has 3 rings (SSSR count). The number of aromatic amines is 1. The zero-order chi connectivity index (χ0) is 14.2. The molecule has 5 heteroatoms. The number of hydrogen-bond acceptors (Lipinski definition) is 3. The lowest BCUT2D eigenvalue weighted by molar-refractivity contribution is -0.139. The van der Waals surface area contributed by atoms with Gasteiger partial charge in [-0.15, -0.1) is 0 Å². The van der Waals surface area contributed by atoms with Crippen molar-refractivity contribution in [2.24, 2.45) is 5.41 Å². The number of aryl methyl sites for hydroxylation is 1. The summed E-state index contributed by atoms with van der Waals surface area (Å²) >= 11 is 0. The van der Waals surface area contributed by atoms with Crippen LogP contribution in [0, 0.1) is 12.3 Å². The second kappa shape index (κ2) is 4.89. The van der Waals surface area contributed by atoms with Crippen molar-refractivity contribution in [3.05, 3.63) is 23.7 Å². The van der Waals surface area contributed by atoms with E-state index in [1.807, 2.05) is 19.1 Å². The smallest absolute Gasteiger partial charge is 0.303 e. The Kier molecular flexibility index (Phi) is 3.20. The van der Waals surface area contributed by atoms with Crippen LogP contribution in [0.4, 0.5) is 0 Å². The topological polar surface area (TPSA) is 78.9 Å². The van der Waals surface area contributed by atoms with Crippen molar-refractivity contribution in [2.45, 2.75) is 45.4 Å². The fourth-order valence-electron chi connectivity index (χ4n) is 3.34. The van der Waals surface area contributed by atoms with E-state index in [4.69, 9.17) is 5.11 Å². The highest BCUT2D eigenvalue weighted by molar-refractivity contribution is 5.71. The summed E-state index contributed by atoms with van der Waals surface area (Å²) in [6.45, 7) is 1.94. The molecule has 2 heterocycles. The molecule has 1 fully saturated rings. The van der Waals surface area contributed by atoms with Crippen molar-refractivity contribution >= 4 is 17.1 Å². The van der Waals surface area contributed by atoms with E-state index in [9.17, 15) is 4.79 Å². The molecule has 20 heavy (non-hydrogen) atoms. The van der Waals surface area contributed by atoms with Crippen molar-refractivity contribution < 1.29 is 9.90 Å². The van der Waals surface area contributed by atoms with Gasteiger partial charge in [0.15, 0.2) is 5.65 Å². The summed E-state index contributed by atoms with van der Waals surface area (Å²) in [7, 11) is 0. The fraction of sp³-hybridized carbons (Fsp3) is 0.533. The van der Waals surface area contributed by atoms with Gasteiger partial charge in [-0.05, 0) is 37.3 Å². The fourth-order valence-corrected chi connectivity index (χ4v) is 3.34. The van der Waals surface area contributed by atoms with Gasteiger partial charge in [-0.3, -0.25) is 4.79 Å². The zero-order valence-electron chi connectivity index (χ0n) is 11.6. The largest absolute Gasteiger partial charge is 0.481 e. The summed E-state index contributed by atoms with van der Waals surface area (Å²) in [5, 5.41) is 9.15. The molecular formula is C15H19N3O2. The number of carboxylic acids is 1. The van der Waals surface area contributed by atoms with Crippen molar-refractivity contribution in [3.8, 4) is 0 Å². The van der Waals surface area contributed by atoms with Crippen LogP contribution in [0.1, 0.15) is 43.6 Å². The quantitative estimate of drug-likeness (QED) is 0.897. The Balaban J connectivity index is 1.88. The van der Waals surface area contributed by atoms with E-state index in [2.05, 4.69) is 15.0 Å². The molecule has 1 aliphatic rings. The maximum atomic E-state index is 11.1. The van der Waals surface area contributed by atoms with Crippen LogP contribution >= 0.6 is 0 Å². The second-order valence-corrected chi connectivity index (χ2v) is 5.96. The van der Waals surface area contributed by atoms with Gasteiger partial charge in [0, 0.05) is 12.1 Å². The van der Waals surface area contributed by atoms with Gasteiger partial charge < -0.3 is 10.1 Å². The van der Waals surface area contributed by atoms with E-state index in [1.165, 1.54) is 0 Å². The highest BCUT2D eigenvalue weighted by Crippen LogP contribution is 2.43. The number of aromatic nitrogens is 3. The number of carbonyl (C=O) groups is 1. The van der Waals surface area contributed by atoms with Gasteiger partial charge in [0.25, 0.3) is 0 Å². The summed E-state index contributed by atoms with van der Waals surface area (Å²) in [6, 6.07) is 3.93. The third-order valence-corrected chi connectivity index (χ3v) is 4.27. The molecule has 106 valence electrons. The first kappa shape index (κ1) is 13.1. The summed E-state index contributed by atoms with van der Waals surface area (Å²) in [6.07, 6.45) is 5.12. The number of fused-ring (bicyclic) bond motifs is 1. The minimum absolute atomic E-state index is 0.130. The van der Waals surface area contributed by atoms with E-state index in [0.717, 1.165) is 48.4 Å². The Hall–Kier alpha value is -1.91. The van der Waals surface area contributed by atoms with Crippen molar-refractivity contribution in [1.82, 2.24) is 15.0 Å². The first-order valence-corrected chi connectivity index (χ1v) is 7.10. The minimum atomic E-state index is -0.711. The van der Waals surface area contributed by atoms with Crippen LogP contribution in [0.25, 0.3) is 11.2 Å². The molecule has 0 aliphatic heterocycles. The van der Waals surface area contributed by atoms with Crippen LogP contribution in [0.2, 0.25) is 0 Å². The number of H-pyrrole nitrogens is 1. The highest BCUT2D eigenvalue weighted by atomic mass is 16.4. The van der Waals surface area contributed by atoms with Crippen LogP contribution in [0.15, 0.2) is 12.1 Å². The number of hydrogen-bond donors (Lipinski definition) is 2. The molecule has 2 N–H and O–H groups in total. The van der Waals surface area contributed by atoms with Crippen LogP contribution < -0.4 is 0 Å². The number of nitrogens with zero attached hydrogens (tertiary/aromatic N) is 2. The van der Waals surface area contributed by atoms with Gasteiger partial charge in [-0.2, -0.15) is 0 Å². The van der Waals surface area contributed by atoms with Gasteiger partial charge in [-0.25, -0.2) is 9.97 Å². The molecule has 0 amide bonds. The van der Waals surface area contributed by atoms with Crippen LogP contribution in [0.5, 0.6) is 0 Å². The molecule has 0 bridgehead atoms. The zero-order valence-corrected chi connectivity index (χ0v) is 11.6. The summed E-state index contributed by atoms with van der Waals surface area (Å²) in [5.41, 5.74) is 2.46.